The molecular weight excluding hydrogens is 385 g/mol. The van der Waals surface area contributed by atoms with Gasteiger partial charge in [0.25, 0.3) is 0 Å². The molecule has 6 heteroatoms. The van der Waals surface area contributed by atoms with Gasteiger partial charge in [-0.2, -0.15) is 0 Å². The Labute approximate surface area is 174 Å². The zero-order chi connectivity index (χ0) is 21.7. The van der Waals surface area contributed by atoms with Crippen LogP contribution < -0.4 is 5.11 Å². The zero-order valence-electron chi connectivity index (χ0n) is 16.5. The number of aliphatic carboxylic acids is 1. The molecule has 5 nitrogen and oxygen atoms in total. The molecule has 0 saturated carbocycles. The number of hydrogen-bond donors (Lipinski definition) is 2. The van der Waals surface area contributed by atoms with Gasteiger partial charge < -0.3 is 24.7 Å². The predicted molar refractivity (Wildman–Crippen MR) is 111 cm³/mol. The summed E-state index contributed by atoms with van der Waals surface area (Å²) in [7, 11) is 0. The van der Waals surface area contributed by atoms with Crippen molar-refractivity contribution in [2.24, 2.45) is 0 Å². The molecule has 0 fully saturated rings. The van der Waals surface area contributed by atoms with E-state index in [1.807, 2.05) is 48.0 Å². The van der Waals surface area contributed by atoms with E-state index < -0.39 is 24.6 Å². The molecule has 0 aliphatic rings. The van der Waals surface area contributed by atoms with Crippen molar-refractivity contribution in [1.29, 1.82) is 0 Å². The van der Waals surface area contributed by atoms with Gasteiger partial charge in [0, 0.05) is 47.5 Å². The maximum atomic E-state index is 13.4. The van der Waals surface area contributed by atoms with E-state index >= 15 is 0 Å². The fraction of sp³-hybridized carbons (Fsp3) is 0.208. The highest BCUT2D eigenvalue weighted by molar-refractivity contribution is 5.78. The lowest BCUT2D eigenvalue weighted by Gasteiger charge is -2.13. The minimum absolute atomic E-state index is 0.116. The highest BCUT2D eigenvalue weighted by atomic mass is 19.1. The Morgan fingerprint density at radius 2 is 1.80 bits per heavy atom. The van der Waals surface area contributed by atoms with Crippen LogP contribution in [0.15, 0.2) is 66.9 Å². The number of carbonyl (C=O) groups excluding carboxylic acids is 1. The van der Waals surface area contributed by atoms with Crippen LogP contribution in [0.4, 0.5) is 4.39 Å². The van der Waals surface area contributed by atoms with Crippen LogP contribution in [0.25, 0.3) is 22.9 Å². The average molecular weight is 408 g/mol. The number of nitrogens with zero attached hydrogens (tertiary/aromatic N) is 1. The summed E-state index contributed by atoms with van der Waals surface area (Å²) in [6, 6.07) is 15.9. The molecule has 0 unspecified atom stereocenters. The van der Waals surface area contributed by atoms with Crippen LogP contribution in [-0.4, -0.2) is 33.0 Å². The van der Waals surface area contributed by atoms with Crippen LogP contribution in [0.3, 0.4) is 0 Å². The van der Waals surface area contributed by atoms with Crippen molar-refractivity contribution in [1.82, 2.24) is 4.57 Å². The van der Waals surface area contributed by atoms with E-state index in [9.17, 15) is 24.5 Å². The van der Waals surface area contributed by atoms with Gasteiger partial charge in [0.1, 0.15) is 5.82 Å². The molecular formula is C24H23FNO4-. The summed E-state index contributed by atoms with van der Waals surface area (Å²) in [6.45, 7) is 1.94. The molecule has 1 aromatic heterocycles. The number of carboxylic acid groups (broad SMARTS) is 1. The Balaban J connectivity index is 1.96. The van der Waals surface area contributed by atoms with Gasteiger partial charge in [-0.25, -0.2) is 4.39 Å². The summed E-state index contributed by atoms with van der Waals surface area (Å²) in [5.41, 5.74) is 4.39. The van der Waals surface area contributed by atoms with E-state index in [4.69, 9.17) is 0 Å². The number of aromatic nitrogens is 1. The van der Waals surface area contributed by atoms with Crippen molar-refractivity contribution in [3.05, 3.63) is 83.9 Å². The molecule has 0 radical (unpaired) electrons. The lowest BCUT2D eigenvalue weighted by atomic mass is 10.0. The van der Waals surface area contributed by atoms with Crippen LogP contribution in [0, 0.1) is 12.7 Å². The number of carbonyl (C=O) groups is 1. The predicted octanol–water partition coefficient (Wildman–Crippen LogP) is 2.86. The standard InChI is InChI=1S/C24H24FNO4/c1-16-22(12-11-20(27)13-21(28)14-24(29)30)23(17-7-9-18(25)10-8-17)15-26(16)19-5-3-2-4-6-19/h2-12,15,20-21,27-28H,13-14H2,1H3,(H,29,30)/p-1/b12-11+/t20-,21-/m1/s1. The Kier molecular flexibility index (Phi) is 6.82. The minimum Gasteiger partial charge on any atom is -0.550 e. The van der Waals surface area contributed by atoms with Gasteiger partial charge in [0.15, 0.2) is 0 Å². The first kappa shape index (κ1) is 21.5. The van der Waals surface area contributed by atoms with Crippen molar-refractivity contribution < 1.29 is 24.5 Å². The first-order valence-corrected chi connectivity index (χ1v) is 9.62. The maximum absolute atomic E-state index is 13.4. The Morgan fingerprint density at radius 1 is 1.13 bits per heavy atom. The average Bonchev–Trinajstić information content (AvgIpc) is 3.03. The number of aliphatic hydroxyl groups excluding tert-OH is 2. The van der Waals surface area contributed by atoms with Gasteiger partial charge in [-0.3, -0.25) is 0 Å². The smallest absolute Gasteiger partial charge is 0.123 e. The largest absolute Gasteiger partial charge is 0.550 e. The van der Waals surface area contributed by atoms with E-state index in [2.05, 4.69) is 0 Å². The molecule has 3 aromatic rings. The number of halogens is 1. The molecule has 2 N–H and O–H groups in total. The van der Waals surface area contributed by atoms with Crippen molar-refractivity contribution >= 4 is 12.0 Å². The molecule has 0 aliphatic heterocycles. The zero-order valence-corrected chi connectivity index (χ0v) is 16.5. The second-order valence-corrected chi connectivity index (χ2v) is 7.15. The van der Waals surface area contributed by atoms with Crippen molar-refractivity contribution in [3.63, 3.8) is 0 Å². The molecule has 2 atom stereocenters. The quantitative estimate of drug-likeness (QED) is 0.600. The van der Waals surface area contributed by atoms with E-state index in [1.165, 1.54) is 18.2 Å². The second kappa shape index (κ2) is 9.52. The summed E-state index contributed by atoms with van der Waals surface area (Å²) in [5.74, 6) is -1.69. The summed E-state index contributed by atoms with van der Waals surface area (Å²) in [5, 5.41) is 30.5. The van der Waals surface area contributed by atoms with E-state index in [1.54, 1.807) is 18.2 Å². The Hall–Kier alpha value is -3.22. The second-order valence-electron chi connectivity index (χ2n) is 7.15. The summed E-state index contributed by atoms with van der Waals surface area (Å²) >= 11 is 0. The van der Waals surface area contributed by atoms with Gasteiger partial charge >= 0.3 is 0 Å². The number of hydrogen-bond acceptors (Lipinski definition) is 4. The van der Waals surface area contributed by atoms with Gasteiger partial charge in [-0.05, 0) is 36.8 Å². The topological polar surface area (TPSA) is 85.5 Å². The van der Waals surface area contributed by atoms with Gasteiger partial charge in [0.05, 0.1) is 12.2 Å². The third kappa shape index (κ3) is 5.23. The minimum atomic E-state index is -1.37. The molecule has 0 saturated heterocycles. The SMILES string of the molecule is Cc1c(/C=C/[C@@H](O)C[C@@H](O)CC(=O)[O-])c(-c2ccc(F)cc2)cn1-c1ccccc1. The number of aliphatic hydroxyl groups is 2. The molecule has 3 rings (SSSR count). The number of rotatable bonds is 8. The Bertz CT molecular complexity index is 1030. The third-order valence-corrected chi connectivity index (χ3v) is 4.89. The summed E-state index contributed by atoms with van der Waals surface area (Å²) in [4.78, 5) is 10.6. The maximum Gasteiger partial charge on any atom is 0.123 e. The molecule has 156 valence electrons. The monoisotopic (exact) mass is 408 g/mol. The molecule has 0 amide bonds. The fourth-order valence-corrected chi connectivity index (χ4v) is 3.39. The molecule has 0 spiro atoms. The van der Waals surface area contributed by atoms with Gasteiger partial charge in [-0.15, -0.1) is 0 Å². The van der Waals surface area contributed by atoms with Crippen molar-refractivity contribution in [2.75, 3.05) is 0 Å². The molecule has 0 aliphatic carbocycles. The van der Waals surface area contributed by atoms with Crippen LogP contribution in [-0.2, 0) is 4.79 Å². The van der Waals surface area contributed by atoms with E-state index in [0.29, 0.717) is 0 Å². The van der Waals surface area contributed by atoms with Crippen LogP contribution in [0.1, 0.15) is 24.1 Å². The van der Waals surface area contributed by atoms with Gasteiger partial charge in [-0.1, -0.05) is 42.5 Å². The first-order chi connectivity index (χ1) is 14.3. The van der Waals surface area contributed by atoms with Crippen LogP contribution >= 0.6 is 0 Å². The highest BCUT2D eigenvalue weighted by Crippen LogP contribution is 2.31. The number of benzene rings is 2. The van der Waals surface area contributed by atoms with Crippen molar-refractivity contribution in [3.8, 4) is 16.8 Å². The normalized spacial score (nSPS) is 13.5. The van der Waals surface area contributed by atoms with E-state index in [0.717, 1.165) is 28.1 Å². The number of carboxylic acids is 1. The lowest BCUT2D eigenvalue weighted by Crippen LogP contribution is -2.29. The third-order valence-electron chi connectivity index (χ3n) is 4.89. The van der Waals surface area contributed by atoms with Crippen LogP contribution in [0.5, 0.6) is 0 Å². The number of para-hydroxylation sites is 1. The van der Waals surface area contributed by atoms with E-state index in [-0.39, 0.29) is 12.2 Å². The van der Waals surface area contributed by atoms with Crippen LogP contribution in [0.2, 0.25) is 0 Å². The lowest BCUT2D eigenvalue weighted by molar-refractivity contribution is -0.307. The first-order valence-electron chi connectivity index (χ1n) is 9.62. The summed E-state index contributed by atoms with van der Waals surface area (Å²) in [6.07, 6.45) is 2.34. The molecule has 1 heterocycles. The molecule has 0 bridgehead atoms. The Morgan fingerprint density at radius 3 is 2.43 bits per heavy atom. The molecule has 30 heavy (non-hydrogen) atoms. The van der Waals surface area contributed by atoms with Crippen molar-refractivity contribution in [2.45, 2.75) is 32.0 Å². The highest BCUT2D eigenvalue weighted by Gasteiger charge is 2.15. The fourth-order valence-electron chi connectivity index (χ4n) is 3.39. The van der Waals surface area contributed by atoms with Gasteiger partial charge in [0.2, 0.25) is 0 Å². The summed E-state index contributed by atoms with van der Waals surface area (Å²) < 4.78 is 15.4. The molecule has 2 aromatic carbocycles.